The Bertz CT molecular complexity index is 763. The van der Waals surface area contributed by atoms with Gasteiger partial charge in [-0.05, 0) is 37.8 Å². The molecule has 1 N–H and O–H groups in total. The van der Waals surface area contributed by atoms with E-state index in [-0.39, 0.29) is 0 Å². The molecule has 0 radical (unpaired) electrons. The third-order valence-electron chi connectivity index (χ3n) is 5.03. The number of aryl methyl sites for hydroxylation is 1. The van der Waals surface area contributed by atoms with Gasteiger partial charge >= 0.3 is 0 Å². The van der Waals surface area contributed by atoms with Crippen molar-refractivity contribution in [1.82, 2.24) is 20.1 Å². The summed E-state index contributed by atoms with van der Waals surface area (Å²) in [5.41, 5.74) is 2.66. The number of aromatic nitrogens is 3. The molecule has 6 heteroatoms. The van der Waals surface area contributed by atoms with Gasteiger partial charge in [0.1, 0.15) is 12.4 Å². The second kappa shape index (κ2) is 7.25. The zero-order chi connectivity index (χ0) is 17.1. The molecule has 25 heavy (non-hydrogen) atoms. The molecule has 0 amide bonds. The smallest absolute Gasteiger partial charge is 0.198 e. The van der Waals surface area contributed by atoms with E-state index >= 15 is 0 Å². The van der Waals surface area contributed by atoms with Crippen LogP contribution in [-0.2, 0) is 25.9 Å². The van der Waals surface area contributed by atoms with Gasteiger partial charge in [0, 0.05) is 31.7 Å². The van der Waals surface area contributed by atoms with Crippen LogP contribution < -0.4 is 10.2 Å². The quantitative estimate of drug-likeness (QED) is 0.690. The predicted octanol–water partition coefficient (Wildman–Crippen LogP) is 2.53. The lowest BCUT2D eigenvalue weighted by Crippen LogP contribution is -2.40. The molecule has 2 aromatic rings. The normalized spacial score (nSPS) is 17.2. The minimum absolute atomic E-state index is 0.577. The molecule has 0 atom stereocenters. The summed E-state index contributed by atoms with van der Waals surface area (Å²) in [6.07, 6.45) is 5.81. The average molecular weight is 338 g/mol. The molecule has 1 aromatic carbocycles. The average Bonchev–Trinajstić information content (AvgIpc) is 3.16. The van der Waals surface area contributed by atoms with E-state index in [0.29, 0.717) is 6.54 Å². The molecule has 0 bridgehead atoms. The summed E-state index contributed by atoms with van der Waals surface area (Å²) in [6, 6.07) is 8.59. The van der Waals surface area contributed by atoms with E-state index in [1.54, 1.807) is 0 Å². The van der Waals surface area contributed by atoms with Gasteiger partial charge in [0.25, 0.3) is 0 Å². The van der Waals surface area contributed by atoms with Gasteiger partial charge in [0.15, 0.2) is 11.8 Å². The van der Waals surface area contributed by atoms with Crippen LogP contribution in [-0.4, -0.2) is 33.8 Å². The highest BCUT2D eigenvalue weighted by Gasteiger charge is 2.22. The summed E-state index contributed by atoms with van der Waals surface area (Å²) < 4.78 is 2.28. The molecule has 0 saturated heterocycles. The molecule has 1 aromatic heterocycles. The lowest BCUT2D eigenvalue weighted by molar-refractivity contribution is 0.606. The number of nitrogens with zero attached hydrogens (tertiary/aromatic N) is 5. The van der Waals surface area contributed by atoms with E-state index in [2.05, 4.69) is 56.2 Å². The topological polar surface area (TPSA) is 58.3 Å². The second-order valence-corrected chi connectivity index (χ2v) is 6.70. The third-order valence-corrected chi connectivity index (χ3v) is 5.03. The maximum absolute atomic E-state index is 4.88. The lowest BCUT2D eigenvalue weighted by atomic mass is 10.2. The van der Waals surface area contributed by atoms with Gasteiger partial charge in [0.05, 0.1) is 0 Å². The highest BCUT2D eigenvalue weighted by atomic mass is 15.3. The van der Waals surface area contributed by atoms with Gasteiger partial charge in [-0.25, -0.2) is 4.99 Å². The monoisotopic (exact) mass is 338 g/mol. The Morgan fingerprint density at radius 3 is 2.96 bits per heavy atom. The Labute approximate surface area is 149 Å². The van der Waals surface area contributed by atoms with Gasteiger partial charge in [-0.2, -0.15) is 0 Å². The molecule has 0 fully saturated rings. The molecular weight excluding hydrogens is 312 g/mol. The van der Waals surface area contributed by atoms with Crippen LogP contribution in [0.3, 0.4) is 0 Å². The van der Waals surface area contributed by atoms with Gasteiger partial charge in [0.2, 0.25) is 0 Å². The van der Waals surface area contributed by atoms with Gasteiger partial charge in [-0.3, -0.25) is 0 Å². The first-order valence-electron chi connectivity index (χ1n) is 9.41. The van der Waals surface area contributed by atoms with Crippen molar-refractivity contribution in [2.24, 2.45) is 4.99 Å². The van der Waals surface area contributed by atoms with Crippen molar-refractivity contribution in [3.05, 3.63) is 41.5 Å². The Hall–Kier alpha value is -2.37. The molecule has 0 unspecified atom stereocenters. The van der Waals surface area contributed by atoms with Crippen molar-refractivity contribution >= 4 is 11.6 Å². The van der Waals surface area contributed by atoms with Crippen LogP contribution in [0.1, 0.15) is 43.4 Å². The van der Waals surface area contributed by atoms with Gasteiger partial charge in [-0.1, -0.05) is 24.6 Å². The predicted molar refractivity (Wildman–Crippen MR) is 99.9 cm³/mol. The van der Waals surface area contributed by atoms with Crippen molar-refractivity contribution in [2.75, 3.05) is 18.0 Å². The first-order chi connectivity index (χ1) is 12.4. The minimum Gasteiger partial charge on any atom is -0.356 e. The summed E-state index contributed by atoms with van der Waals surface area (Å²) in [5.74, 6) is 3.05. The van der Waals surface area contributed by atoms with E-state index in [1.165, 1.54) is 30.5 Å². The number of guanidine groups is 1. The fourth-order valence-electron chi connectivity index (χ4n) is 3.76. The molecule has 0 spiro atoms. The number of rotatable bonds is 3. The molecule has 2 aliphatic rings. The number of benzene rings is 1. The first-order valence-corrected chi connectivity index (χ1v) is 9.41. The summed E-state index contributed by atoms with van der Waals surface area (Å²) in [6.45, 7) is 5.55. The Balaban J connectivity index is 1.57. The largest absolute Gasteiger partial charge is 0.356 e. The molecule has 0 saturated carbocycles. The Morgan fingerprint density at radius 1 is 1.12 bits per heavy atom. The molecule has 3 heterocycles. The van der Waals surface area contributed by atoms with Gasteiger partial charge in [-0.15, -0.1) is 10.2 Å². The minimum atomic E-state index is 0.577. The van der Waals surface area contributed by atoms with Gasteiger partial charge < -0.3 is 14.8 Å². The SMILES string of the molecule is CCNC(=NCc1nnc2n1CCCCC2)N1CCc2ccccc21. The zero-order valence-corrected chi connectivity index (χ0v) is 14.9. The van der Waals surface area contributed by atoms with Crippen molar-refractivity contribution in [2.45, 2.75) is 52.1 Å². The highest BCUT2D eigenvalue weighted by Crippen LogP contribution is 2.27. The van der Waals surface area contributed by atoms with Crippen LogP contribution in [0, 0.1) is 0 Å². The van der Waals surface area contributed by atoms with Crippen LogP contribution in [0.5, 0.6) is 0 Å². The maximum atomic E-state index is 4.88. The molecule has 132 valence electrons. The van der Waals surface area contributed by atoms with Crippen LogP contribution in [0.25, 0.3) is 0 Å². The summed E-state index contributed by atoms with van der Waals surface area (Å²) in [4.78, 5) is 7.17. The zero-order valence-electron chi connectivity index (χ0n) is 14.9. The number of aliphatic imine (C=N–C) groups is 1. The van der Waals surface area contributed by atoms with Crippen LogP contribution in [0.15, 0.2) is 29.3 Å². The second-order valence-electron chi connectivity index (χ2n) is 6.70. The van der Waals surface area contributed by atoms with Crippen molar-refractivity contribution in [3.8, 4) is 0 Å². The molecule has 0 aliphatic carbocycles. The lowest BCUT2D eigenvalue weighted by Gasteiger charge is -2.22. The standard InChI is InChI=1S/C19H26N6/c1-2-20-19(24-13-11-15-8-5-6-9-16(15)24)21-14-18-23-22-17-10-4-3-7-12-25(17)18/h5-6,8-9H,2-4,7,10-14H2,1H3,(H,20,21). The van der Waals surface area contributed by atoms with Crippen LogP contribution >= 0.6 is 0 Å². The number of hydrogen-bond acceptors (Lipinski definition) is 3. The van der Waals surface area contributed by atoms with E-state index in [0.717, 1.165) is 50.1 Å². The molecule has 6 nitrogen and oxygen atoms in total. The number of nitrogens with one attached hydrogen (secondary N) is 1. The third kappa shape index (κ3) is 3.25. The molecular formula is C19H26N6. The number of para-hydroxylation sites is 1. The fraction of sp³-hybridized carbons (Fsp3) is 0.526. The van der Waals surface area contributed by atoms with Crippen LogP contribution in [0.4, 0.5) is 5.69 Å². The number of hydrogen-bond donors (Lipinski definition) is 1. The Morgan fingerprint density at radius 2 is 2.04 bits per heavy atom. The fourth-order valence-corrected chi connectivity index (χ4v) is 3.76. The van der Waals surface area contributed by atoms with Crippen molar-refractivity contribution < 1.29 is 0 Å². The molecule has 4 rings (SSSR count). The van der Waals surface area contributed by atoms with Crippen molar-refractivity contribution in [1.29, 1.82) is 0 Å². The van der Waals surface area contributed by atoms with Crippen molar-refractivity contribution in [3.63, 3.8) is 0 Å². The van der Waals surface area contributed by atoms with E-state index in [1.807, 2.05) is 0 Å². The summed E-state index contributed by atoms with van der Waals surface area (Å²) in [7, 11) is 0. The summed E-state index contributed by atoms with van der Waals surface area (Å²) in [5, 5.41) is 12.2. The number of fused-ring (bicyclic) bond motifs is 2. The maximum Gasteiger partial charge on any atom is 0.198 e. The van der Waals surface area contributed by atoms with E-state index < -0.39 is 0 Å². The number of anilines is 1. The highest BCUT2D eigenvalue weighted by molar-refractivity contribution is 5.97. The Kier molecular flexibility index (Phi) is 4.68. The first kappa shape index (κ1) is 16.1. The molecule has 2 aliphatic heterocycles. The van der Waals surface area contributed by atoms with Crippen LogP contribution in [0.2, 0.25) is 0 Å². The van der Waals surface area contributed by atoms with E-state index in [9.17, 15) is 0 Å². The van der Waals surface area contributed by atoms with E-state index in [4.69, 9.17) is 4.99 Å². The summed E-state index contributed by atoms with van der Waals surface area (Å²) >= 11 is 0.